The maximum Gasteiger partial charge on any atom is 0.408 e. The zero-order chi connectivity index (χ0) is 12.9. The Morgan fingerprint density at radius 1 is 1.29 bits per heavy atom. The fourth-order valence-electron chi connectivity index (χ4n) is 1.08. The molecule has 4 nitrogen and oxygen atoms in total. The summed E-state index contributed by atoms with van der Waals surface area (Å²) in [4.78, 5) is 11.1. The molecule has 0 fully saturated rings. The van der Waals surface area contributed by atoms with E-state index >= 15 is 0 Å². The first-order valence-electron chi connectivity index (χ1n) is 4.66. The Morgan fingerprint density at radius 3 is 2.35 bits per heavy atom. The van der Waals surface area contributed by atoms with Crippen LogP contribution in [0.1, 0.15) is 0 Å². The van der Waals surface area contributed by atoms with E-state index in [1.165, 1.54) is 7.11 Å². The number of carbonyl (C=O) groups is 1. The molecule has 0 saturated heterocycles. The van der Waals surface area contributed by atoms with Crippen LogP contribution in [0.5, 0.6) is 0 Å². The number of anilines is 1. The summed E-state index contributed by atoms with van der Waals surface area (Å²) in [6.07, 6.45) is -1.59. The molecule has 0 saturated carbocycles. The summed E-state index contributed by atoms with van der Waals surface area (Å²) in [5, 5.41) is 5.26. The normalized spacial score (nSPS) is 12.7. The number of alkyl halides is 3. The predicted molar refractivity (Wildman–Crippen MR) is 69.7 cm³/mol. The first-order chi connectivity index (χ1) is 7.93. The second-order valence-electron chi connectivity index (χ2n) is 3.12. The number of para-hydroxylation sites is 1. The van der Waals surface area contributed by atoms with Crippen LogP contribution in [0.4, 0.5) is 10.5 Å². The van der Waals surface area contributed by atoms with E-state index in [0.717, 1.165) is 0 Å². The van der Waals surface area contributed by atoms with Gasteiger partial charge in [0.05, 0.1) is 7.11 Å². The second-order valence-corrected chi connectivity index (χ2v) is 5.49. The topological polar surface area (TPSA) is 50.4 Å². The third-order valence-electron chi connectivity index (χ3n) is 1.86. The van der Waals surface area contributed by atoms with Crippen LogP contribution < -0.4 is 10.6 Å². The third-order valence-corrected chi connectivity index (χ3v) is 2.51. The quantitative estimate of drug-likeness (QED) is 0.665. The van der Waals surface area contributed by atoms with Gasteiger partial charge in [0.1, 0.15) is 6.17 Å². The van der Waals surface area contributed by atoms with Gasteiger partial charge in [-0.25, -0.2) is 4.79 Å². The minimum absolute atomic E-state index is 0.690. The molecular weight excluding hydrogens is 286 g/mol. The summed E-state index contributed by atoms with van der Waals surface area (Å²) in [5.74, 6) is 0. The monoisotopic (exact) mass is 296 g/mol. The van der Waals surface area contributed by atoms with Crippen molar-refractivity contribution in [3.8, 4) is 0 Å². The number of hydrogen-bond donors (Lipinski definition) is 2. The Labute approximate surface area is 114 Å². The average Bonchev–Trinajstić information content (AvgIpc) is 2.28. The van der Waals surface area contributed by atoms with Crippen LogP contribution in [-0.4, -0.2) is 23.2 Å². The number of nitrogens with one attached hydrogen (secondary N) is 2. The van der Waals surface area contributed by atoms with Crippen molar-refractivity contribution in [2.75, 3.05) is 12.4 Å². The molecule has 0 aliphatic carbocycles. The molecule has 1 aromatic rings. The molecule has 0 aliphatic rings. The summed E-state index contributed by atoms with van der Waals surface area (Å²) in [6.45, 7) is 0. The molecule has 0 spiro atoms. The smallest absolute Gasteiger partial charge is 0.408 e. The van der Waals surface area contributed by atoms with Gasteiger partial charge >= 0.3 is 6.09 Å². The maximum atomic E-state index is 11.1. The highest BCUT2D eigenvalue weighted by atomic mass is 35.6. The van der Waals surface area contributed by atoms with Crippen molar-refractivity contribution in [3.05, 3.63) is 30.3 Å². The molecule has 1 rings (SSSR count). The first kappa shape index (κ1) is 14.2. The highest BCUT2D eigenvalue weighted by Gasteiger charge is 2.34. The Kier molecular flexibility index (Phi) is 5.18. The lowest BCUT2D eigenvalue weighted by Gasteiger charge is -2.26. The van der Waals surface area contributed by atoms with Gasteiger partial charge in [-0.1, -0.05) is 53.0 Å². The Balaban J connectivity index is 2.75. The summed E-state index contributed by atoms with van der Waals surface area (Å²) in [6, 6.07) is 9.04. The van der Waals surface area contributed by atoms with Crippen molar-refractivity contribution >= 4 is 46.6 Å². The zero-order valence-corrected chi connectivity index (χ0v) is 11.2. The Morgan fingerprint density at radius 2 is 1.88 bits per heavy atom. The van der Waals surface area contributed by atoms with Gasteiger partial charge in [0, 0.05) is 5.69 Å². The summed E-state index contributed by atoms with van der Waals surface area (Å²) < 4.78 is 2.74. The Hall–Kier alpha value is -0.840. The molecule has 0 heterocycles. The molecule has 1 aromatic carbocycles. The van der Waals surface area contributed by atoms with E-state index in [0.29, 0.717) is 5.69 Å². The minimum Gasteiger partial charge on any atom is -0.453 e. The number of halogens is 3. The van der Waals surface area contributed by atoms with Gasteiger partial charge in [-0.05, 0) is 12.1 Å². The summed E-state index contributed by atoms with van der Waals surface area (Å²) >= 11 is 17.2. The number of ether oxygens (including phenoxy) is 1. The highest BCUT2D eigenvalue weighted by molar-refractivity contribution is 6.68. The molecule has 0 bridgehead atoms. The number of amides is 1. The fraction of sp³-hybridized carbons (Fsp3) is 0.300. The molecular formula is C10H11Cl3N2O2. The number of rotatable bonds is 3. The third kappa shape index (κ3) is 4.89. The van der Waals surface area contributed by atoms with Crippen molar-refractivity contribution in [1.82, 2.24) is 5.32 Å². The largest absolute Gasteiger partial charge is 0.453 e. The lowest BCUT2D eigenvalue weighted by Crippen LogP contribution is -2.49. The molecule has 7 heteroatoms. The molecule has 1 amide bonds. The second kappa shape index (κ2) is 6.19. The lowest BCUT2D eigenvalue weighted by molar-refractivity contribution is 0.168. The van der Waals surface area contributed by atoms with E-state index in [-0.39, 0.29) is 0 Å². The molecule has 0 radical (unpaired) electrons. The number of benzene rings is 1. The van der Waals surface area contributed by atoms with E-state index in [1.54, 1.807) is 12.1 Å². The SMILES string of the molecule is COC(=O)NC(Nc1ccccc1)C(Cl)(Cl)Cl. The van der Waals surface area contributed by atoms with Gasteiger partial charge in [0.2, 0.25) is 3.79 Å². The number of carbonyl (C=O) groups excluding carboxylic acids is 1. The zero-order valence-electron chi connectivity index (χ0n) is 8.91. The lowest BCUT2D eigenvalue weighted by atomic mass is 10.3. The number of alkyl carbamates (subject to hydrolysis) is 1. The van der Waals surface area contributed by atoms with Gasteiger partial charge in [0.25, 0.3) is 0 Å². The van der Waals surface area contributed by atoms with E-state index in [2.05, 4.69) is 15.4 Å². The van der Waals surface area contributed by atoms with Gasteiger partial charge in [-0.3, -0.25) is 5.32 Å². The van der Waals surface area contributed by atoms with Crippen molar-refractivity contribution in [1.29, 1.82) is 0 Å². The van der Waals surface area contributed by atoms with E-state index in [9.17, 15) is 4.79 Å². The van der Waals surface area contributed by atoms with Gasteiger partial charge < -0.3 is 10.1 Å². The Bertz CT molecular complexity index is 368. The fourth-order valence-corrected chi connectivity index (χ4v) is 1.40. The first-order valence-corrected chi connectivity index (χ1v) is 5.79. The number of hydrogen-bond acceptors (Lipinski definition) is 3. The molecule has 2 N–H and O–H groups in total. The van der Waals surface area contributed by atoms with E-state index in [1.807, 2.05) is 18.2 Å². The van der Waals surface area contributed by atoms with Crippen LogP contribution in [0.3, 0.4) is 0 Å². The highest BCUT2D eigenvalue weighted by Crippen LogP contribution is 2.31. The van der Waals surface area contributed by atoms with Crippen LogP contribution in [0, 0.1) is 0 Å². The molecule has 0 aromatic heterocycles. The molecule has 94 valence electrons. The van der Waals surface area contributed by atoms with Gasteiger partial charge in [-0.15, -0.1) is 0 Å². The van der Waals surface area contributed by atoms with Crippen molar-refractivity contribution in [2.24, 2.45) is 0 Å². The average molecular weight is 298 g/mol. The standard InChI is InChI=1S/C10H11Cl3N2O2/c1-17-9(16)15-8(10(11,12)13)14-7-5-3-2-4-6-7/h2-6,8,14H,1H3,(H,15,16). The van der Waals surface area contributed by atoms with Gasteiger partial charge in [-0.2, -0.15) is 0 Å². The van der Waals surface area contributed by atoms with Gasteiger partial charge in [0.15, 0.2) is 0 Å². The molecule has 0 aliphatic heterocycles. The molecule has 1 unspecified atom stereocenters. The summed E-state index contributed by atoms with van der Waals surface area (Å²) in [5.41, 5.74) is 0.709. The van der Waals surface area contributed by atoms with Crippen LogP contribution >= 0.6 is 34.8 Å². The number of methoxy groups -OCH3 is 1. The van der Waals surface area contributed by atoms with E-state index in [4.69, 9.17) is 34.8 Å². The van der Waals surface area contributed by atoms with Crippen molar-refractivity contribution in [2.45, 2.75) is 9.96 Å². The maximum absolute atomic E-state index is 11.1. The van der Waals surface area contributed by atoms with Crippen LogP contribution in [0.15, 0.2) is 30.3 Å². The van der Waals surface area contributed by atoms with Crippen LogP contribution in [0.2, 0.25) is 0 Å². The minimum atomic E-state index is -1.70. The van der Waals surface area contributed by atoms with Crippen LogP contribution in [0.25, 0.3) is 0 Å². The van der Waals surface area contributed by atoms with Crippen molar-refractivity contribution < 1.29 is 9.53 Å². The predicted octanol–water partition coefficient (Wildman–Crippen LogP) is 3.15. The summed E-state index contributed by atoms with van der Waals surface area (Å²) in [7, 11) is 1.23. The van der Waals surface area contributed by atoms with Crippen LogP contribution in [-0.2, 0) is 4.74 Å². The van der Waals surface area contributed by atoms with E-state index < -0.39 is 16.1 Å². The molecule has 17 heavy (non-hydrogen) atoms. The molecule has 1 atom stereocenters. The van der Waals surface area contributed by atoms with Crippen molar-refractivity contribution in [3.63, 3.8) is 0 Å².